The van der Waals surface area contributed by atoms with Crippen molar-refractivity contribution in [2.24, 2.45) is 0 Å². The highest BCUT2D eigenvalue weighted by atomic mass is 32.1. The molecule has 2 nitrogen and oxygen atoms in total. The highest BCUT2D eigenvalue weighted by Gasteiger charge is 2.18. The number of anilines is 3. The van der Waals surface area contributed by atoms with Crippen LogP contribution in [0.15, 0.2) is 132 Å². The molecule has 174 valence electrons. The van der Waals surface area contributed by atoms with Crippen LogP contribution >= 0.6 is 11.3 Å². The van der Waals surface area contributed by atoms with Crippen molar-refractivity contribution in [1.82, 2.24) is 0 Å². The van der Waals surface area contributed by atoms with Gasteiger partial charge in [0.2, 0.25) is 0 Å². The molecule has 0 N–H and O–H groups in total. The van der Waals surface area contributed by atoms with E-state index in [0.717, 1.165) is 44.4 Å². The van der Waals surface area contributed by atoms with Crippen LogP contribution in [0.4, 0.5) is 17.1 Å². The molecule has 37 heavy (non-hydrogen) atoms. The van der Waals surface area contributed by atoms with Gasteiger partial charge in [-0.05, 0) is 66.0 Å². The third-order valence-electron chi connectivity index (χ3n) is 7.23. The van der Waals surface area contributed by atoms with Gasteiger partial charge in [0.15, 0.2) is 0 Å². The lowest BCUT2D eigenvalue weighted by molar-refractivity contribution is 0.669. The lowest BCUT2D eigenvalue weighted by Gasteiger charge is -2.27. The zero-order valence-corrected chi connectivity index (χ0v) is 20.7. The van der Waals surface area contributed by atoms with Crippen molar-refractivity contribution in [2.75, 3.05) is 4.90 Å². The topological polar surface area (TPSA) is 16.4 Å². The van der Waals surface area contributed by atoms with Crippen molar-refractivity contribution >= 4 is 81.3 Å². The van der Waals surface area contributed by atoms with E-state index >= 15 is 0 Å². The zero-order valence-electron chi connectivity index (χ0n) is 19.9. The molecule has 0 aliphatic heterocycles. The summed E-state index contributed by atoms with van der Waals surface area (Å²) in [7, 11) is 0. The second-order valence-corrected chi connectivity index (χ2v) is 10.5. The first-order valence-electron chi connectivity index (χ1n) is 12.4. The van der Waals surface area contributed by atoms with E-state index in [-0.39, 0.29) is 0 Å². The summed E-state index contributed by atoms with van der Waals surface area (Å²) in [6.45, 7) is 0. The quantitative estimate of drug-likeness (QED) is 0.244. The zero-order chi connectivity index (χ0) is 24.3. The molecule has 0 saturated heterocycles. The number of hydrogen-bond acceptors (Lipinski definition) is 3. The van der Waals surface area contributed by atoms with Crippen LogP contribution < -0.4 is 4.90 Å². The number of rotatable bonds is 3. The van der Waals surface area contributed by atoms with Crippen molar-refractivity contribution < 1.29 is 4.42 Å². The van der Waals surface area contributed by atoms with Crippen LogP contribution in [0.1, 0.15) is 0 Å². The van der Waals surface area contributed by atoms with Gasteiger partial charge < -0.3 is 9.32 Å². The monoisotopic (exact) mass is 491 g/mol. The minimum absolute atomic E-state index is 0.911. The van der Waals surface area contributed by atoms with Crippen LogP contribution in [0.2, 0.25) is 0 Å². The van der Waals surface area contributed by atoms with E-state index in [1.165, 1.54) is 25.6 Å². The summed E-state index contributed by atoms with van der Waals surface area (Å²) in [5.74, 6) is 0. The molecule has 8 aromatic rings. The van der Waals surface area contributed by atoms with Crippen molar-refractivity contribution in [3.63, 3.8) is 0 Å². The standard InChI is InChI=1S/C34H21NOS/c1-2-10-23(11-3-1)35(24-17-18-34-29(20-24)26-13-5-7-16-33(26)37-34)30-14-8-9-22-19-28-25-12-4-6-15-31(25)36-32(28)21-27(22)30/h1-21H. The van der Waals surface area contributed by atoms with E-state index in [9.17, 15) is 0 Å². The minimum Gasteiger partial charge on any atom is -0.456 e. The van der Waals surface area contributed by atoms with Crippen molar-refractivity contribution in [3.05, 3.63) is 127 Å². The van der Waals surface area contributed by atoms with E-state index in [1.54, 1.807) is 0 Å². The average molecular weight is 492 g/mol. The summed E-state index contributed by atoms with van der Waals surface area (Å²) in [6, 6.07) is 45.4. The molecular formula is C34H21NOS. The van der Waals surface area contributed by atoms with E-state index in [2.05, 4.69) is 120 Å². The summed E-state index contributed by atoms with van der Waals surface area (Å²) in [6.07, 6.45) is 0. The molecule has 0 atom stereocenters. The Kier molecular flexibility index (Phi) is 4.42. The summed E-state index contributed by atoms with van der Waals surface area (Å²) in [5.41, 5.74) is 5.22. The van der Waals surface area contributed by atoms with Gasteiger partial charge in [-0.25, -0.2) is 0 Å². The number of para-hydroxylation sites is 2. The lowest BCUT2D eigenvalue weighted by Crippen LogP contribution is -2.10. The number of fused-ring (bicyclic) bond motifs is 7. The number of benzene rings is 6. The maximum absolute atomic E-state index is 6.28. The second-order valence-electron chi connectivity index (χ2n) is 9.39. The van der Waals surface area contributed by atoms with Crippen molar-refractivity contribution in [1.29, 1.82) is 0 Å². The average Bonchev–Trinajstić information content (AvgIpc) is 3.50. The number of thiophene rings is 1. The third-order valence-corrected chi connectivity index (χ3v) is 8.38. The molecule has 3 heteroatoms. The van der Waals surface area contributed by atoms with Gasteiger partial charge in [0.1, 0.15) is 11.2 Å². The predicted molar refractivity (Wildman–Crippen MR) is 159 cm³/mol. The summed E-state index contributed by atoms with van der Waals surface area (Å²) < 4.78 is 8.91. The normalized spacial score (nSPS) is 11.8. The molecule has 0 aliphatic rings. The van der Waals surface area contributed by atoms with E-state index < -0.39 is 0 Å². The largest absolute Gasteiger partial charge is 0.456 e. The van der Waals surface area contributed by atoms with Crippen LogP contribution in [0.25, 0.3) is 52.9 Å². The van der Waals surface area contributed by atoms with Gasteiger partial charge >= 0.3 is 0 Å². The molecular weight excluding hydrogens is 470 g/mol. The smallest absolute Gasteiger partial charge is 0.136 e. The Morgan fingerprint density at radius 1 is 0.459 bits per heavy atom. The maximum Gasteiger partial charge on any atom is 0.136 e. The number of nitrogens with zero attached hydrogens (tertiary/aromatic N) is 1. The third kappa shape index (κ3) is 3.18. The van der Waals surface area contributed by atoms with Gasteiger partial charge in [0.25, 0.3) is 0 Å². The van der Waals surface area contributed by atoms with Gasteiger partial charge in [0, 0.05) is 47.7 Å². The Balaban J connectivity index is 1.41. The van der Waals surface area contributed by atoms with Crippen LogP contribution in [-0.2, 0) is 0 Å². The predicted octanol–water partition coefficient (Wildman–Crippen LogP) is 10.6. The highest BCUT2D eigenvalue weighted by molar-refractivity contribution is 7.25. The molecule has 8 rings (SSSR count). The minimum atomic E-state index is 0.911. The molecule has 2 heterocycles. The van der Waals surface area contributed by atoms with Crippen molar-refractivity contribution in [2.45, 2.75) is 0 Å². The van der Waals surface area contributed by atoms with Crippen molar-refractivity contribution in [3.8, 4) is 0 Å². The first kappa shape index (κ1) is 20.6. The Hall–Kier alpha value is -4.60. The molecule has 0 radical (unpaired) electrons. The van der Waals surface area contributed by atoms with Crippen LogP contribution in [0.5, 0.6) is 0 Å². The van der Waals surface area contributed by atoms with Gasteiger partial charge in [-0.1, -0.05) is 66.7 Å². The lowest BCUT2D eigenvalue weighted by atomic mass is 10.0. The van der Waals surface area contributed by atoms with Gasteiger partial charge in [0.05, 0.1) is 5.69 Å². The molecule has 0 fully saturated rings. The molecule has 0 saturated carbocycles. The molecule has 0 unspecified atom stereocenters. The fourth-order valence-corrected chi connectivity index (χ4v) is 6.62. The molecule has 0 aliphatic carbocycles. The summed E-state index contributed by atoms with van der Waals surface area (Å²) in [4.78, 5) is 2.36. The summed E-state index contributed by atoms with van der Waals surface area (Å²) in [5, 5.41) is 7.25. The Labute approximate surface area is 217 Å². The molecule has 2 aromatic heterocycles. The molecule has 0 amide bonds. The fourth-order valence-electron chi connectivity index (χ4n) is 5.53. The first-order chi connectivity index (χ1) is 18.3. The Bertz CT molecular complexity index is 2100. The Morgan fingerprint density at radius 3 is 2.16 bits per heavy atom. The fraction of sp³-hybridized carbons (Fsp3) is 0. The van der Waals surface area contributed by atoms with E-state index in [1.807, 2.05) is 23.5 Å². The van der Waals surface area contributed by atoms with Crippen LogP contribution in [0, 0.1) is 0 Å². The van der Waals surface area contributed by atoms with Gasteiger partial charge in [-0.2, -0.15) is 0 Å². The van der Waals surface area contributed by atoms with E-state index in [0.29, 0.717) is 0 Å². The van der Waals surface area contributed by atoms with Crippen LogP contribution in [-0.4, -0.2) is 0 Å². The van der Waals surface area contributed by atoms with Gasteiger partial charge in [-0.3, -0.25) is 0 Å². The maximum atomic E-state index is 6.28. The van der Waals surface area contributed by atoms with Crippen LogP contribution in [0.3, 0.4) is 0 Å². The molecule has 0 bridgehead atoms. The number of furan rings is 1. The Morgan fingerprint density at radius 2 is 1.24 bits per heavy atom. The second kappa shape index (κ2) is 7.95. The number of hydrogen-bond donors (Lipinski definition) is 0. The highest BCUT2D eigenvalue weighted by Crippen LogP contribution is 2.43. The van der Waals surface area contributed by atoms with E-state index in [4.69, 9.17) is 4.42 Å². The van der Waals surface area contributed by atoms with Gasteiger partial charge in [-0.15, -0.1) is 11.3 Å². The first-order valence-corrected chi connectivity index (χ1v) is 13.3. The SMILES string of the molecule is c1ccc(N(c2ccc3sc4ccccc4c3c2)c2cccc3cc4c(cc23)oc2ccccc24)cc1. The summed E-state index contributed by atoms with van der Waals surface area (Å²) >= 11 is 1.85. The molecule has 6 aromatic carbocycles. The molecule has 0 spiro atoms.